The lowest BCUT2D eigenvalue weighted by Gasteiger charge is -2.17. The first-order chi connectivity index (χ1) is 7.79. The van der Waals surface area contributed by atoms with Crippen molar-refractivity contribution < 1.29 is 4.79 Å². The van der Waals surface area contributed by atoms with Gasteiger partial charge in [0.1, 0.15) is 12.7 Å². The molecule has 0 aliphatic carbocycles. The topological polar surface area (TPSA) is 85.0 Å². The predicted octanol–water partition coefficient (Wildman–Crippen LogP) is 1.09. The van der Waals surface area contributed by atoms with E-state index >= 15 is 0 Å². The molecule has 1 heterocycles. The number of urea groups is 1. The third-order valence-corrected chi connectivity index (χ3v) is 1.91. The highest BCUT2D eigenvalue weighted by Crippen LogP contribution is 2.19. The van der Waals surface area contributed by atoms with Crippen molar-refractivity contribution in [3.63, 3.8) is 0 Å². The van der Waals surface area contributed by atoms with Crippen LogP contribution in [0.5, 0.6) is 0 Å². The number of hydrogen-bond donors (Lipinski definition) is 1. The molecule has 0 saturated carbocycles. The van der Waals surface area contributed by atoms with E-state index in [1.54, 1.807) is 24.3 Å². The van der Waals surface area contributed by atoms with Gasteiger partial charge >= 0.3 is 6.03 Å². The van der Waals surface area contributed by atoms with E-state index in [9.17, 15) is 4.79 Å². The van der Waals surface area contributed by atoms with Crippen molar-refractivity contribution in [3.05, 3.63) is 43.0 Å². The summed E-state index contributed by atoms with van der Waals surface area (Å²) in [5.74, 6) is 0.203. The van der Waals surface area contributed by atoms with Crippen LogP contribution in [0.1, 0.15) is 0 Å². The minimum atomic E-state index is -0.641. The molecule has 1 aromatic heterocycles. The summed E-state index contributed by atoms with van der Waals surface area (Å²) in [5.41, 5.74) is 5.90. The van der Waals surface area contributed by atoms with Crippen LogP contribution in [0.3, 0.4) is 0 Å². The Morgan fingerprint density at radius 3 is 2.31 bits per heavy atom. The van der Waals surface area contributed by atoms with Gasteiger partial charge in [0, 0.05) is 0 Å². The SMILES string of the molecule is NC(=O)N(c1ccccc1)c1ncncn1. The number of carbonyl (C=O) groups is 1. The van der Waals surface area contributed by atoms with Crippen LogP contribution in [0.15, 0.2) is 43.0 Å². The fourth-order valence-electron chi connectivity index (χ4n) is 1.27. The maximum Gasteiger partial charge on any atom is 0.326 e. The Morgan fingerprint density at radius 1 is 1.12 bits per heavy atom. The molecule has 1 aromatic carbocycles. The highest BCUT2D eigenvalue weighted by molar-refractivity contribution is 5.96. The lowest BCUT2D eigenvalue weighted by Crippen LogP contribution is -2.32. The molecular formula is C10H9N5O. The standard InChI is InChI=1S/C10H9N5O/c11-9(16)15(8-4-2-1-3-5-8)10-13-6-12-7-14-10/h1-7H,(H2,11,16). The minimum Gasteiger partial charge on any atom is -0.351 e. The van der Waals surface area contributed by atoms with Gasteiger partial charge < -0.3 is 5.73 Å². The third kappa shape index (κ3) is 1.95. The van der Waals surface area contributed by atoms with Crippen LogP contribution in [0.2, 0.25) is 0 Å². The Balaban J connectivity index is 2.44. The zero-order valence-electron chi connectivity index (χ0n) is 8.32. The number of benzene rings is 1. The Bertz CT molecular complexity index is 434. The van der Waals surface area contributed by atoms with Crippen molar-refractivity contribution in [2.45, 2.75) is 0 Å². The molecule has 0 saturated heterocycles. The van der Waals surface area contributed by atoms with E-state index in [2.05, 4.69) is 15.0 Å². The Kier molecular flexibility index (Phi) is 2.73. The van der Waals surface area contributed by atoms with Gasteiger partial charge in [0.2, 0.25) is 5.95 Å². The highest BCUT2D eigenvalue weighted by atomic mass is 16.2. The molecule has 2 aromatic rings. The average Bonchev–Trinajstić information content (AvgIpc) is 2.31. The van der Waals surface area contributed by atoms with Crippen LogP contribution in [0.25, 0.3) is 0 Å². The summed E-state index contributed by atoms with van der Waals surface area (Å²) in [6.45, 7) is 0. The number of anilines is 2. The maximum absolute atomic E-state index is 11.3. The molecule has 0 spiro atoms. The van der Waals surface area contributed by atoms with Gasteiger partial charge in [-0.05, 0) is 12.1 Å². The smallest absolute Gasteiger partial charge is 0.326 e. The summed E-state index contributed by atoms with van der Waals surface area (Å²) in [4.78, 5) is 24.0. The van der Waals surface area contributed by atoms with Gasteiger partial charge in [0.25, 0.3) is 0 Å². The first kappa shape index (κ1) is 10.0. The van der Waals surface area contributed by atoms with E-state index in [-0.39, 0.29) is 5.95 Å². The number of aromatic nitrogens is 3. The molecule has 80 valence electrons. The predicted molar refractivity (Wildman–Crippen MR) is 58.0 cm³/mol. The number of para-hydroxylation sites is 1. The van der Waals surface area contributed by atoms with Crippen LogP contribution in [-0.2, 0) is 0 Å². The zero-order chi connectivity index (χ0) is 11.4. The van der Waals surface area contributed by atoms with E-state index in [1.807, 2.05) is 6.07 Å². The number of rotatable bonds is 2. The summed E-state index contributed by atoms with van der Waals surface area (Å²) in [5, 5.41) is 0. The summed E-state index contributed by atoms with van der Waals surface area (Å²) >= 11 is 0. The van der Waals surface area contributed by atoms with Gasteiger partial charge in [-0.3, -0.25) is 0 Å². The molecule has 6 nitrogen and oxygen atoms in total. The monoisotopic (exact) mass is 215 g/mol. The lowest BCUT2D eigenvalue weighted by molar-refractivity contribution is 0.256. The summed E-state index contributed by atoms with van der Waals surface area (Å²) in [6, 6.07) is 8.29. The minimum absolute atomic E-state index is 0.203. The van der Waals surface area contributed by atoms with Crippen molar-refractivity contribution in [2.24, 2.45) is 5.73 Å². The van der Waals surface area contributed by atoms with Crippen LogP contribution in [0, 0.1) is 0 Å². The normalized spacial score (nSPS) is 9.75. The van der Waals surface area contributed by atoms with Crippen molar-refractivity contribution in [1.82, 2.24) is 15.0 Å². The Labute approximate surface area is 91.8 Å². The molecule has 2 N–H and O–H groups in total. The Hall–Kier alpha value is -2.50. The van der Waals surface area contributed by atoms with Gasteiger partial charge in [-0.25, -0.2) is 24.6 Å². The van der Waals surface area contributed by atoms with Gasteiger partial charge in [-0.1, -0.05) is 18.2 Å². The second-order valence-electron chi connectivity index (χ2n) is 2.95. The third-order valence-electron chi connectivity index (χ3n) is 1.91. The second kappa shape index (κ2) is 4.35. The summed E-state index contributed by atoms with van der Waals surface area (Å²) in [7, 11) is 0. The molecule has 0 aliphatic rings. The first-order valence-corrected chi connectivity index (χ1v) is 4.55. The number of primary amides is 1. The summed E-state index contributed by atoms with van der Waals surface area (Å²) < 4.78 is 0. The van der Waals surface area contributed by atoms with E-state index in [0.717, 1.165) is 0 Å². The fourth-order valence-corrected chi connectivity index (χ4v) is 1.27. The number of nitrogens with zero attached hydrogens (tertiary/aromatic N) is 4. The molecule has 6 heteroatoms. The van der Waals surface area contributed by atoms with Gasteiger partial charge in [0.05, 0.1) is 5.69 Å². The van der Waals surface area contributed by atoms with Crippen molar-refractivity contribution >= 4 is 17.7 Å². The molecule has 2 amide bonds. The van der Waals surface area contributed by atoms with Crippen LogP contribution in [-0.4, -0.2) is 21.0 Å². The number of hydrogen-bond acceptors (Lipinski definition) is 4. The van der Waals surface area contributed by atoms with Crippen LogP contribution in [0.4, 0.5) is 16.4 Å². The average molecular weight is 215 g/mol. The molecule has 0 unspecified atom stereocenters. The summed E-state index contributed by atoms with van der Waals surface area (Å²) in [6.07, 6.45) is 2.61. The van der Waals surface area contributed by atoms with Gasteiger partial charge in [-0.2, -0.15) is 0 Å². The van der Waals surface area contributed by atoms with Gasteiger partial charge in [0.15, 0.2) is 0 Å². The van der Waals surface area contributed by atoms with Crippen molar-refractivity contribution in [3.8, 4) is 0 Å². The van der Waals surface area contributed by atoms with E-state index < -0.39 is 6.03 Å². The van der Waals surface area contributed by atoms with E-state index in [4.69, 9.17) is 5.73 Å². The van der Waals surface area contributed by atoms with Gasteiger partial charge in [-0.15, -0.1) is 0 Å². The first-order valence-electron chi connectivity index (χ1n) is 4.55. The number of carbonyl (C=O) groups excluding carboxylic acids is 1. The molecule has 16 heavy (non-hydrogen) atoms. The molecule has 2 rings (SSSR count). The molecule has 0 radical (unpaired) electrons. The van der Waals surface area contributed by atoms with Crippen molar-refractivity contribution in [1.29, 1.82) is 0 Å². The van der Waals surface area contributed by atoms with Crippen LogP contribution < -0.4 is 10.6 Å². The van der Waals surface area contributed by atoms with E-state index in [0.29, 0.717) is 5.69 Å². The van der Waals surface area contributed by atoms with Crippen LogP contribution >= 0.6 is 0 Å². The largest absolute Gasteiger partial charge is 0.351 e. The molecular weight excluding hydrogens is 206 g/mol. The molecule has 0 aliphatic heterocycles. The fraction of sp³-hybridized carbons (Fsp3) is 0. The quantitative estimate of drug-likeness (QED) is 0.812. The lowest BCUT2D eigenvalue weighted by atomic mass is 10.3. The van der Waals surface area contributed by atoms with E-state index in [1.165, 1.54) is 17.6 Å². The number of nitrogens with two attached hydrogens (primary N) is 1. The van der Waals surface area contributed by atoms with Crippen molar-refractivity contribution in [2.75, 3.05) is 4.90 Å². The highest BCUT2D eigenvalue weighted by Gasteiger charge is 2.16. The second-order valence-corrected chi connectivity index (χ2v) is 2.95. The zero-order valence-corrected chi connectivity index (χ0v) is 8.32. The molecule has 0 atom stereocenters. The number of amides is 2. The molecule has 0 fully saturated rings. The molecule has 0 bridgehead atoms. The Morgan fingerprint density at radius 2 is 1.75 bits per heavy atom. The maximum atomic E-state index is 11.3.